The Bertz CT molecular complexity index is 660. The smallest absolute Gasteiger partial charge is 0.133 e. The van der Waals surface area contributed by atoms with Crippen molar-refractivity contribution < 1.29 is 14.6 Å². The summed E-state index contributed by atoms with van der Waals surface area (Å²) in [5, 5.41) is 10.4. The number of carbonyl (C=O) groups excluding carboxylic acids is 1. The summed E-state index contributed by atoms with van der Waals surface area (Å²) in [6, 6.07) is 0. The molecule has 0 amide bonds. The zero-order chi connectivity index (χ0) is 18.7. The number of hydrogen-bond donors (Lipinski definition) is 1. The van der Waals surface area contributed by atoms with Crippen molar-refractivity contribution in [2.75, 3.05) is 0 Å². The van der Waals surface area contributed by atoms with Crippen LogP contribution in [0.5, 0.6) is 0 Å². The lowest BCUT2D eigenvalue weighted by Gasteiger charge is -2.60. The predicted octanol–water partition coefficient (Wildman–Crippen LogP) is 4.36. The average molecular weight is 361 g/mol. The summed E-state index contributed by atoms with van der Waals surface area (Å²) in [6.45, 7) is 11.3. The number of aliphatic hydroxyl groups is 1. The number of Topliss-reactive ketones (excluding diaryl/α,β-unsaturated/α-hetero) is 1. The van der Waals surface area contributed by atoms with Crippen LogP contribution in [0.1, 0.15) is 79.6 Å². The van der Waals surface area contributed by atoms with Crippen LogP contribution in [-0.2, 0) is 9.53 Å². The molecule has 1 aliphatic heterocycles. The Hall–Kier alpha value is -0.410. The first-order valence-electron chi connectivity index (χ1n) is 11.0. The van der Waals surface area contributed by atoms with Crippen molar-refractivity contribution in [3.63, 3.8) is 0 Å². The molecule has 5 aliphatic rings. The van der Waals surface area contributed by atoms with Crippen LogP contribution in [0.2, 0.25) is 0 Å². The molecule has 1 saturated heterocycles. The van der Waals surface area contributed by atoms with Gasteiger partial charge in [-0.3, -0.25) is 4.79 Å². The van der Waals surface area contributed by atoms with Crippen molar-refractivity contribution in [3.05, 3.63) is 0 Å². The second kappa shape index (κ2) is 4.95. The first-order valence-corrected chi connectivity index (χ1v) is 11.0. The largest absolute Gasteiger partial charge is 0.393 e. The van der Waals surface area contributed by atoms with Crippen LogP contribution in [0.4, 0.5) is 0 Å². The number of carbonyl (C=O) groups is 1. The molecule has 3 nitrogen and oxygen atoms in total. The standard InChI is InChI=1S/C23H36O3/c1-13-10-18-16-12-22(5)23(26-22)11-15(25)6-9-21(23,4)17(16)7-8-20(18,3)19(13)14(2)24/h13,15-19,25H,6-12H2,1-5H3/t13-,15+,16-,17+,18+,19-,20+,21-,22+,23-/m1/s1. The van der Waals surface area contributed by atoms with E-state index in [0.29, 0.717) is 29.5 Å². The lowest BCUT2D eigenvalue weighted by molar-refractivity contribution is -0.136. The van der Waals surface area contributed by atoms with Crippen molar-refractivity contribution in [1.82, 2.24) is 0 Å². The molecule has 0 radical (unpaired) electrons. The average Bonchev–Trinajstić information content (AvgIpc) is 3.01. The van der Waals surface area contributed by atoms with E-state index in [1.54, 1.807) is 0 Å². The fourth-order valence-corrected chi connectivity index (χ4v) is 9.41. The molecule has 0 bridgehead atoms. The number of epoxide rings is 1. The molecule has 1 heterocycles. The molecule has 3 heteroatoms. The Balaban J connectivity index is 1.54. The highest BCUT2D eigenvalue weighted by molar-refractivity contribution is 5.80. The number of aliphatic hydroxyl groups excluding tert-OH is 1. The van der Waals surface area contributed by atoms with E-state index in [4.69, 9.17) is 4.74 Å². The number of hydrogen-bond acceptors (Lipinski definition) is 3. The van der Waals surface area contributed by atoms with Gasteiger partial charge in [0.1, 0.15) is 11.4 Å². The number of ketones is 1. The van der Waals surface area contributed by atoms with E-state index in [1.165, 1.54) is 19.3 Å². The third-order valence-electron chi connectivity index (χ3n) is 10.3. The fourth-order valence-electron chi connectivity index (χ4n) is 9.41. The minimum absolute atomic E-state index is 0.0554. The third kappa shape index (κ3) is 1.81. The molecule has 4 saturated carbocycles. The topological polar surface area (TPSA) is 49.8 Å². The Morgan fingerprint density at radius 1 is 1.08 bits per heavy atom. The Kier molecular flexibility index (Phi) is 3.36. The second-order valence-electron chi connectivity index (χ2n) is 11.4. The van der Waals surface area contributed by atoms with Gasteiger partial charge in [-0.2, -0.15) is 0 Å². The first-order chi connectivity index (χ1) is 12.1. The van der Waals surface area contributed by atoms with E-state index < -0.39 is 0 Å². The molecule has 1 N–H and O–H groups in total. The number of rotatable bonds is 1. The van der Waals surface area contributed by atoms with Gasteiger partial charge in [-0.25, -0.2) is 0 Å². The Morgan fingerprint density at radius 3 is 2.50 bits per heavy atom. The fraction of sp³-hybridized carbons (Fsp3) is 0.957. The Morgan fingerprint density at radius 2 is 1.81 bits per heavy atom. The lowest BCUT2D eigenvalue weighted by atomic mass is 9.42. The Labute approximate surface area is 158 Å². The summed E-state index contributed by atoms with van der Waals surface area (Å²) in [5.74, 6) is 3.21. The van der Waals surface area contributed by atoms with E-state index in [1.807, 2.05) is 6.92 Å². The van der Waals surface area contributed by atoms with Crippen LogP contribution in [0.15, 0.2) is 0 Å². The number of fused-ring (bicyclic) bond motifs is 4. The van der Waals surface area contributed by atoms with Gasteiger partial charge < -0.3 is 9.84 Å². The minimum atomic E-state index is -0.191. The van der Waals surface area contributed by atoms with E-state index in [-0.39, 0.29) is 34.1 Å². The normalized spacial score (nSPS) is 63.3. The lowest BCUT2D eigenvalue weighted by Crippen LogP contribution is -2.60. The van der Waals surface area contributed by atoms with E-state index in [2.05, 4.69) is 27.7 Å². The van der Waals surface area contributed by atoms with E-state index >= 15 is 0 Å². The van der Waals surface area contributed by atoms with Gasteiger partial charge in [0.15, 0.2) is 0 Å². The maximum absolute atomic E-state index is 12.5. The molecule has 26 heavy (non-hydrogen) atoms. The molecular weight excluding hydrogens is 324 g/mol. The van der Waals surface area contributed by atoms with Gasteiger partial charge in [0.05, 0.1) is 11.7 Å². The van der Waals surface area contributed by atoms with Crippen molar-refractivity contribution in [2.24, 2.45) is 40.4 Å². The van der Waals surface area contributed by atoms with Gasteiger partial charge >= 0.3 is 0 Å². The van der Waals surface area contributed by atoms with Crippen molar-refractivity contribution in [2.45, 2.75) is 96.9 Å². The van der Waals surface area contributed by atoms with Crippen LogP contribution in [-0.4, -0.2) is 28.2 Å². The monoisotopic (exact) mass is 360 g/mol. The maximum atomic E-state index is 12.5. The SMILES string of the molecule is CC(=O)[C@H]1[C@H](C)C[C@H]2[C@@H]3C[C@]4(C)O[C@@]45C[C@@H](O)CC[C@]5(C)[C@H]3CC[C@@]21C. The molecular formula is C23H36O3. The molecule has 4 aliphatic carbocycles. The van der Waals surface area contributed by atoms with Gasteiger partial charge in [0.25, 0.3) is 0 Å². The zero-order valence-corrected chi connectivity index (χ0v) is 17.2. The highest BCUT2D eigenvalue weighted by Gasteiger charge is 2.81. The maximum Gasteiger partial charge on any atom is 0.133 e. The van der Waals surface area contributed by atoms with Crippen molar-refractivity contribution in [3.8, 4) is 0 Å². The van der Waals surface area contributed by atoms with Crippen LogP contribution >= 0.6 is 0 Å². The van der Waals surface area contributed by atoms with Crippen LogP contribution in [0.25, 0.3) is 0 Å². The first kappa shape index (κ1) is 17.7. The van der Waals surface area contributed by atoms with Crippen LogP contribution in [0.3, 0.4) is 0 Å². The van der Waals surface area contributed by atoms with E-state index in [9.17, 15) is 9.90 Å². The minimum Gasteiger partial charge on any atom is -0.393 e. The van der Waals surface area contributed by atoms with Crippen molar-refractivity contribution >= 4 is 5.78 Å². The molecule has 0 aromatic rings. The van der Waals surface area contributed by atoms with Crippen LogP contribution < -0.4 is 0 Å². The summed E-state index contributed by atoms with van der Waals surface area (Å²) < 4.78 is 6.58. The summed E-state index contributed by atoms with van der Waals surface area (Å²) in [6.07, 6.45) is 7.44. The summed E-state index contributed by atoms with van der Waals surface area (Å²) in [5.41, 5.74) is 0.238. The van der Waals surface area contributed by atoms with Gasteiger partial charge in [-0.05, 0) is 81.5 Å². The molecule has 146 valence electrons. The number of ether oxygens (including phenoxy) is 1. The summed E-state index contributed by atoms with van der Waals surface area (Å²) in [7, 11) is 0. The van der Waals surface area contributed by atoms with Gasteiger partial charge in [-0.15, -0.1) is 0 Å². The van der Waals surface area contributed by atoms with Gasteiger partial charge in [0, 0.05) is 17.8 Å². The van der Waals surface area contributed by atoms with Crippen molar-refractivity contribution in [1.29, 1.82) is 0 Å². The quantitative estimate of drug-likeness (QED) is 0.707. The summed E-state index contributed by atoms with van der Waals surface area (Å²) in [4.78, 5) is 12.5. The van der Waals surface area contributed by atoms with Gasteiger partial charge in [-0.1, -0.05) is 20.8 Å². The molecule has 5 rings (SSSR count). The second-order valence-corrected chi connectivity index (χ2v) is 11.4. The van der Waals surface area contributed by atoms with Crippen LogP contribution in [0, 0.1) is 40.4 Å². The van der Waals surface area contributed by atoms with E-state index in [0.717, 1.165) is 25.7 Å². The van der Waals surface area contributed by atoms with Gasteiger partial charge in [0.2, 0.25) is 0 Å². The zero-order valence-electron chi connectivity index (χ0n) is 17.2. The molecule has 0 unspecified atom stereocenters. The molecule has 10 atom stereocenters. The highest BCUT2D eigenvalue weighted by atomic mass is 16.6. The molecule has 0 aromatic heterocycles. The highest BCUT2D eigenvalue weighted by Crippen LogP contribution is 2.77. The molecule has 0 aromatic carbocycles. The summed E-state index contributed by atoms with van der Waals surface area (Å²) >= 11 is 0. The molecule has 1 spiro atoms. The third-order valence-corrected chi connectivity index (χ3v) is 10.3. The molecule has 5 fully saturated rings. The predicted molar refractivity (Wildman–Crippen MR) is 101 cm³/mol.